The van der Waals surface area contributed by atoms with Gasteiger partial charge in [0, 0.05) is 17.8 Å². The van der Waals surface area contributed by atoms with E-state index in [2.05, 4.69) is 47.6 Å². The van der Waals surface area contributed by atoms with Crippen LogP contribution < -0.4 is 11.1 Å². The molecule has 0 aliphatic heterocycles. The Morgan fingerprint density at radius 2 is 1.95 bits per heavy atom. The van der Waals surface area contributed by atoms with Gasteiger partial charge in [0.05, 0.1) is 0 Å². The molecule has 2 aromatic rings. The smallest absolute Gasteiger partial charge is 0.128 e. The molecule has 2 rings (SSSR count). The number of anilines is 1. The van der Waals surface area contributed by atoms with Crippen LogP contribution in [0, 0.1) is 0 Å². The van der Waals surface area contributed by atoms with Crippen molar-refractivity contribution in [2.75, 3.05) is 12.3 Å². The van der Waals surface area contributed by atoms with Crippen molar-refractivity contribution in [2.24, 2.45) is 0 Å². The zero-order chi connectivity index (χ0) is 13.5. The topological polar surface area (TPSA) is 50.9 Å². The first-order valence-electron chi connectivity index (χ1n) is 6.79. The molecule has 3 nitrogen and oxygen atoms in total. The number of nitrogen functional groups attached to an aromatic ring is 1. The van der Waals surface area contributed by atoms with Crippen molar-refractivity contribution in [1.29, 1.82) is 0 Å². The number of pyridine rings is 1. The molecule has 0 aliphatic carbocycles. The summed E-state index contributed by atoms with van der Waals surface area (Å²) in [6, 6.07) is 14.7. The molecule has 1 aromatic heterocycles. The Bertz CT molecular complexity index is 496. The number of benzene rings is 1. The van der Waals surface area contributed by atoms with E-state index >= 15 is 0 Å². The molecule has 3 N–H and O–H groups in total. The van der Waals surface area contributed by atoms with E-state index in [1.165, 1.54) is 5.56 Å². The maximum absolute atomic E-state index is 6.00. The summed E-state index contributed by atoms with van der Waals surface area (Å²) in [4.78, 5) is 4.19. The molecule has 0 fully saturated rings. The van der Waals surface area contributed by atoms with Gasteiger partial charge in [-0.05, 0) is 31.0 Å². The van der Waals surface area contributed by atoms with E-state index < -0.39 is 0 Å². The first-order valence-corrected chi connectivity index (χ1v) is 6.79. The van der Waals surface area contributed by atoms with Gasteiger partial charge in [-0.25, -0.2) is 4.98 Å². The fourth-order valence-corrected chi connectivity index (χ4v) is 2.19. The molecule has 0 aliphatic rings. The Balaban J connectivity index is 2.19. The van der Waals surface area contributed by atoms with Crippen molar-refractivity contribution in [3.05, 3.63) is 59.8 Å². The molecule has 0 bridgehead atoms. The van der Waals surface area contributed by atoms with Crippen LogP contribution in [-0.4, -0.2) is 11.5 Å². The van der Waals surface area contributed by atoms with Gasteiger partial charge in [0.25, 0.3) is 0 Å². The van der Waals surface area contributed by atoms with Crippen molar-refractivity contribution >= 4 is 5.82 Å². The average Bonchev–Trinajstić information content (AvgIpc) is 2.45. The van der Waals surface area contributed by atoms with E-state index in [1.807, 2.05) is 12.1 Å². The van der Waals surface area contributed by atoms with Crippen LogP contribution in [-0.2, 0) is 6.42 Å². The molecule has 1 heterocycles. The molecule has 19 heavy (non-hydrogen) atoms. The summed E-state index contributed by atoms with van der Waals surface area (Å²) in [6.07, 6.45) is 3.76. The van der Waals surface area contributed by atoms with Gasteiger partial charge in [0.15, 0.2) is 0 Å². The van der Waals surface area contributed by atoms with Gasteiger partial charge in [-0.1, -0.05) is 43.3 Å². The maximum atomic E-state index is 6.00. The van der Waals surface area contributed by atoms with E-state index in [4.69, 9.17) is 5.73 Å². The Hall–Kier alpha value is -1.87. The second kappa shape index (κ2) is 6.90. The lowest BCUT2D eigenvalue weighted by Gasteiger charge is -2.20. The third kappa shape index (κ3) is 3.80. The summed E-state index contributed by atoms with van der Waals surface area (Å²) in [7, 11) is 0. The fraction of sp³-hybridized carbons (Fsp3) is 0.312. The van der Waals surface area contributed by atoms with Gasteiger partial charge in [-0.15, -0.1) is 0 Å². The van der Waals surface area contributed by atoms with Gasteiger partial charge < -0.3 is 11.1 Å². The molecule has 1 unspecified atom stereocenters. The van der Waals surface area contributed by atoms with E-state index in [1.54, 1.807) is 6.20 Å². The van der Waals surface area contributed by atoms with Crippen LogP contribution in [0.3, 0.4) is 0 Å². The summed E-state index contributed by atoms with van der Waals surface area (Å²) in [5.41, 5.74) is 8.38. The highest BCUT2D eigenvalue weighted by Crippen LogP contribution is 2.22. The highest BCUT2D eigenvalue weighted by atomic mass is 14.9. The van der Waals surface area contributed by atoms with Gasteiger partial charge in [-0.3, -0.25) is 0 Å². The van der Waals surface area contributed by atoms with Gasteiger partial charge in [-0.2, -0.15) is 0 Å². The molecule has 100 valence electrons. The third-order valence-corrected chi connectivity index (χ3v) is 3.17. The van der Waals surface area contributed by atoms with E-state index in [0.29, 0.717) is 5.82 Å². The lowest BCUT2D eigenvalue weighted by atomic mass is 9.99. The average molecular weight is 255 g/mol. The number of hydrogen-bond acceptors (Lipinski definition) is 3. The van der Waals surface area contributed by atoms with Crippen LogP contribution in [0.25, 0.3) is 0 Å². The zero-order valence-corrected chi connectivity index (χ0v) is 11.3. The first-order chi connectivity index (χ1) is 9.31. The molecule has 1 aromatic carbocycles. The minimum absolute atomic E-state index is 0.219. The van der Waals surface area contributed by atoms with E-state index in [0.717, 1.165) is 24.9 Å². The van der Waals surface area contributed by atoms with Gasteiger partial charge in [0.1, 0.15) is 5.82 Å². The van der Waals surface area contributed by atoms with Crippen molar-refractivity contribution in [2.45, 2.75) is 25.8 Å². The number of hydrogen-bond donors (Lipinski definition) is 2. The van der Waals surface area contributed by atoms with Crippen LogP contribution in [0.4, 0.5) is 5.82 Å². The molecule has 3 heteroatoms. The van der Waals surface area contributed by atoms with Crippen molar-refractivity contribution in [3.8, 4) is 0 Å². The number of nitrogens with two attached hydrogens (primary N) is 1. The number of nitrogens with zero attached hydrogens (tertiary/aromatic N) is 1. The van der Waals surface area contributed by atoms with Crippen LogP contribution in [0.15, 0.2) is 48.7 Å². The van der Waals surface area contributed by atoms with E-state index in [-0.39, 0.29) is 6.04 Å². The highest BCUT2D eigenvalue weighted by Gasteiger charge is 2.14. The van der Waals surface area contributed by atoms with Crippen LogP contribution in [0.1, 0.15) is 30.5 Å². The highest BCUT2D eigenvalue weighted by molar-refractivity contribution is 5.41. The molecular formula is C16H21N3. The van der Waals surface area contributed by atoms with Crippen molar-refractivity contribution in [1.82, 2.24) is 10.3 Å². The lowest BCUT2D eigenvalue weighted by molar-refractivity contribution is 0.529. The predicted molar refractivity (Wildman–Crippen MR) is 79.8 cm³/mol. The summed E-state index contributed by atoms with van der Waals surface area (Å²) >= 11 is 0. The molecule has 0 amide bonds. The Labute approximate surface area is 114 Å². The lowest BCUT2D eigenvalue weighted by Crippen LogP contribution is -2.25. The summed E-state index contributed by atoms with van der Waals surface area (Å²) in [5, 5.41) is 3.56. The standard InChI is InChI=1S/C16H21N3/c1-2-10-18-15(12-13-7-4-3-5-8-13)14-9-6-11-19-16(14)17/h3-9,11,15,18H,2,10,12H2,1H3,(H2,17,19). The number of nitrogens with one attached hydrogen (secondary N) is 1. The van der Waals surface area contributed by atoms with Crippen LogP contribution in [0.5, 0.6) is 0 Å². The number of aromatic nitrogens is 1. The SMILES string of the molecule is CCCNC(Cc1ccccc1)c1cccnc1N. The van der Waals surface area contributed by atoms with Crippen molar-refractivity contribution in [3.63, 3.8) is 0 Å². The minimum Gasteiger partial charge on any atom is -0.383 e. The van der Waals surface area contributed by atoms with E-state index in [9.17, 15) is 0 Å². The Morgan fingerprint density at radius 3 is 2.63 bits per heavy atom. The molecular weight excluding hydrogens is 234 g/mol. The van der Waals surface area contributed by atoms with Gasteiger partial charge >= 0.3 is 0 Å². The molecule has 0 radical (unpaired) electrons. The molecule has 0 saturated heterocycles. The predicted octanol–water partition coefficient (Wildman–Crippen LogP) is 2.95. The summed E-state index contributed by atoms with van der Waals surface area (Å²) in [5.74, 6) is 0.618. The summed E-state index contributed by atoms with van der Waals surface area (Å²) in [6.45, 7) is 3.14. The second-order valence-corrected chi connectivity index (χ2v) is 4.67. The Morgan fingerprint density at radius 1 is 1.16 bits per heavy atom. The number of rotatable bonds is 6. The van der Waals surface area contributed by atoms with Gasteiger partial charge in [0.2, 0.25) is 0 Å². The quantitative estimate of drug-likeness (QED) is 0.834. The maximum Gasteiger partial charge on any atom is 0.128 e. The molecule has 1 atom stereocenters. The molecule has 0 saturated carbocycles. The largest absolute Gasteiger partial charge is 0.383 e. The third-order valence-electron chi connectivity index (χ3n) is 3.17. The summed E-state index contributed by atoms with van der Waals surface area (Å²) < 4.78 is 0. The van der Waals surface area contributed by atoms with Crippen molar-refractivity contribution < 1.29 is 0 Å². The second-order valence-electron chi connectivity index (χ2n) is 4.67. The fourth-order valence-electron chi connectivity index (χ4n) is 2.19. The van der Waals surface area contributed by atoms with Crippen LogP contribution >= 0.6 is 0 Å². The van der Waals surface area contributed by atoms with Crippen LogP contribution in [0.2, 0.25) is 0 Å². The first kappa shape index (κ1) is 13.6. The Kier molecular flexibility index (Phi) is 4.93. The molecule has 0 spiro atoms. The monoisotopic (exact) mass is 255 g/mol. The normalized spacial score (nSPS) is 12.3. The minimum atomic E-state index is 0.219. The zero-order valence-electron chi connectivity index (χ0n) is 11.3.